The summed E-state index contributed by atoms with van der Waals surface area (Å²) < 4.78 is 0. The molecule has 1 aliphatic heterocycles. The van der Waals surface area contributed by atoms with Crippen LogP contribution in [0.1, 0.15) is 30.8 Å². The number of carbonyl (C=O) groups is 1. The summed E-state index contributed by atoms with van der Waals surface area (Å²) >= 11 is 0. The molecule has 1 aliphatic rings. The van der Waals surface area contributed by atoms with Crippen LogP contribution in [0.5, 0.6) is 0 Å². The van der Waals surface area contributed by atoms with Crippen LogP contribution < -0.4 is 5.32 Å². The average Bonchev–Trinajstić information content (AvgIpc) is 2.50. The Balaban J connectivity index is 2.13. The van der Waals surface area contributed by atoms with Crippen LogP contribution in [0, 0.1) is 0 Å². The molecule has 0 aromatic carbocycles. The number of aromatic nitrogens is 1. The maximum atomic E-state index is 12.3. The van der Waals surface area contributed by atoms with E-state index in [1.807, 2.05) is 17.0 Å². The summed E-state index contributed by atoms with van der Waals surface area (Å²) in [5.74, 6) is 0.0300. The fourth-order valence-electron chi connectivity index (χ4n) is 2.13. The van der Waals surface area contributed by atoms with E-state index in [1.165, 1.54) is 0 Å². The lowest BCUT2D eigenvalue weighted by atomic mass is 10.1. The van der Waals surface area contributed by atoms with Gasteiger partial charge in [-0.05, 0) is 38.9 Å². The summed E-state index contributed by atoms with van der Waals surface area (Å²) in [6.45, 7) is 6.72. The number of amides is 1. The van der Waals surface area contributed by atoms with Crippen LogP contribution in [0.25, 0.3) is 0 Å². The van der Waals surface area contributed by atoms with Crippen molar-refractivity contribution >= 4 is 5.91 Å². The molecule has 1 aromatic rings. The van der Waals surface area contributed by atoms with E-state index >= 15 is 0 Å². The molecule has 1 saturated heterocycles. The normalized spacial score (nSPS) is 19.8. The van der Waals surface area contributed by atoms with Crippen molar-refractivity contribution in [1.82, 2.24) is 15.2 Å². The third-order valence-corrected chi connectivity index (χ3v) is 2.97. The number of carbonyl (C=O) groups excluding carboxylic acids is 1. The van der Waals surface area contributed by atoms with Crippen molar-refractivity contribution in [3.63, 3.8) is 0 Å². The fourth-order valence-corrected chi connectivity index (χ4v) is 2.13. The number of pyridine rings is 1. The van der Waals surface area contributed by atoms with Crippen molar-refractivity contribution in [3.05, 3.63) is 30.1 Å². The first-order chi connectivity index (χ1) is 8.08. The van der Waals surface area contributed by atoms with E-state index in [4.69, 9.17) is 0 Å². The zero-order valence-electron chi connectivity index (χ0n) is 10.4. The molecule has 0 saturated carbocycles. The van der Waals surface area contributed by atoms with E-state index in [1.54, 1.807) is 12.3 Å². The highest BCUT2D eigenvalue weighted by Crippen LogP contribution is 2.12. The molecule has 0 unspecified atom stereocenters. The lowest BCUT2D eigenvalue weighted by Gasteiger charge is -2.29. The molecule has 92 valence electrons. The van der Waals surface area contributed by atoms with Gasteiger partial charge < -0.3 is 10.2 Å². The summed E-state index contributed by atoms with van der Waals surface area (Å²) in [6.07, 6.45) is 2.65. The second kappa shape index (κ2) is 4.84. The van der Waals surface area contributed by atoms with Gasteiger partial charge in [0.05, 0.1) is 0 Å². The zero-order valence-corrected chi connectivity index (χ0v) is 10.4. The second-order valence-electron chi connectivity index (χ2n) is 5.11. The summed E-state index contributed by atoms with van der Waals surface area (Å²) in [5.41, 5.74) is 0.506. The van der Waals surface area contributed by atoms with E-state index in [0.717, 1.165) is 26.1 Å². The molecule has 1 fully saturated rings. The summed E-state index contributed by atoms with van der Waals surface area (Å²) in [7, 11) is 0. The van der Waals surface area contributed by atoms with Gasteiger partial charge in [-0.25, -0.2) is 0 Å². The molecule has 0 bridgehead atoms. The standard InChI is InChI=1S/C13H19N3O/c1-13(2)10-16(9-5-8-15-13)12(17)11-6-3-4-7-14-11/h3-4,6-7,15H,5,8-10H2,1-2H3. The molecule has 2 rings (SSSR count). The highest BCUT2D eigenvalue weighted by atomic mass is 16.2. The molecular formula is C13H19N3O. The Morgan fingerprint density at radius 3 is 3.00 bits per heavy atom. The third-order valence-electron chi connectivity index (χ3n) is 2.97. The number of hydrogen-bond donors (Lipinski definition) is 1. The van der Waals surface area contributed by atoms with Crippen molar-refractivity contribution in [2.75, 3.05) is 19.6 Å². The lowest BCUT2D eigenvalue weighted by Crippen LogP contribution is -2.48. The van der Waals surface area contributed by atoms with Crippen LogP contribution in [-0.2, 0) is 0 Å². The summed E-state index contributed by atoms with van der Waals surface area (Å²) in [4.78, 5) is 18.3. The summed E-state index contributed by atoms with van der Waals surface area (Å²) in [6, 6.07) is 5.44. The van der Waals surface area contributed by atoms with Crippen LogP contribution in [0.4, 0.5) is 0 Å². The number of rotatable bonds is 1. The Hall–Kier alpha value is -1.42. The predicted molar refractivity (Wildman–Crippen MR) is 66.8 cm³/mol. The van der Waals surface area contributed by atoms with E-state index in [0.29, 0.717) is 5.69 Å². The van der Waals surface area contributed by atoms with Gasteiger partial charge in [0.15, 0.2) is 0 Å². The van der Waals surface area contributed by atoms with Gasteiger partial charge in [-0.3, -0.25) is 9.78 Å². The SMILES string of the molecule is CC1(C)CN(C(=O)c2ccccn2)CCCN1. The van der Waals surface area contributed by atoms with E-state index < -0.39 is 0 Å². The van der Waals surface area contributed by atoms with Gasteiger partial charge in [-0.1, -0.05) is 6.07 Å². The van der Waals surface area contributed by atoms with Crippen LogP contribution in [0.3, 0.4) is 0 Å². The molecule has 0 radical (unpaired) electrons. The minimum absolute atomic E-state index is 0.0268. The molecule has 0 atom stereocenters. The van der Waals surface area contributed by atoms with Gasteiger partial charge in [0.2, 0.25) is 0 Å². The molecule has 0 aliphatic carbocycles. The van der Waals surface area contributed by atoms with Gasteiger partial charge in [-0.15, -0.1) is 0 Å². The minimum Gasteiger partial charge on any atom is -0.335 e. The number of nitrogens with zero attached hydrogens (tertiary/aromatic N) is 2. The molecule has 17 heavy (non-hydrogen) atoms. The fraction of sp³-hybridized carbons (Fsp3) is 0.538. The largest absolute Gasteiger partial charge is 0.335 e. The molecular weight excluding hydrogens is 214 g/mol. The maximum Gasteiger partial charge on any atom is 0.272 e. The smallest absolute Gasteiger partial charge is 0.272 e. The Morgan fingerprint density at radius 2 is 2.29 bits per heavy atom. The first kappa shape index (κ1) is 12.0. The third kappa shape index (κ3) is 3.03. The van der Waals surface area contributed by atoms with Crippen LogP contribution in [0.15, 0.2) is 24.4 Å². The highest BCUT2D eigenvalue weighted by Gasteiger charge is 2.27. The average molecular weight is 233 g/mol. The van der Waals surface area contributed by atoms with Gasteiger partial charge in [0, 0.05) is 24.8 Å². The van der Waals surface area contributed by atoms with Crippen molar-refractivity contribution in [3.8, 4) is 0 Å². The molecule has 4 nitrogen and oxygen atoms in total. The maximum absolute atomic E-state index is 12.3. The molecule has 1 aromatic heterocycles. The van der Waals surface area contributed by atoms with Crippen molar-refractivity contribution in [2.24, 2.45) is 0 Å². The lowest BCUT2D eigenvalue weighted by molar-refractivity contribution is 0.0727. The first-order valence-electron chi connectivity index (χ1n) is 6.04. The van der Waals surface area contributed by atoms with Crippen molar-refractivity contribution < 1.29 is 4.79 Å². The first-order valence-corrected chi connectivity index (χ1v) is 6.04. The Bertz CT molecular complexity index is 389. The van der Waals surface area contributed by atoms with E-state index in [2.05, 4.69) is 24.1 Å². The van der Waals surface area contributed by atoms with Gasteiger partial charge in [-0.2, -0.15) is 0 Å². The molecule has 1 N–H and O–H groups in total. The quantitative estimate of drug-likeness (QED) is 0.795. The highest BCUT2D eigenvalue weighted by molar-refractivity contribution is 5.92. The number of nitrogens with one attached hydrogen (secondary N) is 1. The van der Waals surface area contributed by atoms with E-state index in [9.17, 15) is 4.79 Å². The Kier molecular flexibility index (Phi) is 3.43. The predicted octanol–water partition coefficient (Wildman–Crippen LogP) is 1.30. The molecule has 0 spiro atoms. The number of hydrogen-bond acceptors (Lipinski definition) is 3. The molecule has 1 amide bonds. The minimum atomic E-state index is -0.0268. The van der Waals surface area contributed by atoms with Gasteiger partial charge in [0.25, 0.3) is 5.91 Å². The van der Waals surface area contributed by atoms with E-state index in [-0.39, 0.29) is 11.4 Å². The van der Waals surface area contributed by atoms with Crippen LogP contribution >= 0.6 is 0 Å². The van der Waals surface area contributed by atoms with Crippen molar-refractivity contribution in [1.29, 1.82) is 0 Å². The molecule has 4 heteroatoms. The van der Waals surface area contributed by atoms with Crippen LogP contribution in [0.2, 0.25) is 0 Å². The monoisotopic (exact) mass is 233 g/mol. The Labute approximate surface area is 102 Å². The van der Waals surface area contributed by atoms with Gasteiger partial charge in [0.1, 0.15) is 5.69 Å². The Morgan fingerprint density at radius 1 is 1.47 bits per heavy atom. The molecule has 2 heterocycles. The second-order valence-corrected chi connectivity index (χ2v) is 5.11. The van der Waals surface area contributed by atoms with Gasteiger partial charge >= 0.3 is 0 Å². The topological polar surface area (TPSA) is 45.2 Å². The summed E-state index contributed by atoms with van der Waals surface area (Å²) in [5, 5.41) is 3.44. The zero-order chi connectivity index (χ0) is 12.3. The van der Waals surface area contributed by atoms with Crippen LogP contribution in [-0.4, -0.2) is 41.0 Å². The van der Waals surface area contributed by atoms with Crippen molar-refractivity contribution in [2.45, 2.75) is 25.8 Å².